The molecule has 2 heterocycles. The van der Waals surface area contributed by atoms with Crippen molar-refractivity contribution in [2.24, 2.45) is 0 Å². The predicted octanol–water partition coefficient (Wildman–Crippen LogP) is 5.23. The van der Waals surface area contributed by atoms with Gasteiger partial charge in [-0.15, -0.1) is 0 Å². The maximum absolute atomic E-state index is 13.7. The Bertz CT molecular complexity index is 1490. The molecular weight excluding hydrogens is 447 g/mol. The van der Waals surface area contributed by atoms with Crippen LogP contribution in [0.3, 0.4) is 0 Å². The van der Waals surface area contributed by atoms with Gasteiger partial charge >= 0.3 is 0 Å². The summed E-state index contributed by atoms with van der Waals surface area (Å²) in [6.07, 6.45) is -1.62. The number of halogens is 1. The van der Waals surface area contributed by atoms with Crippen molar-refractivity contribution in [2.75, 3.05) is 10.2 Å². The molecule has 0 spiro atoms. The van der Waals surface area contributed by atoms with Crippen molar-refractivity contribution in [1.29, 1.82) is 0 Å². The second kappa shape index (κ2) is 8.83. The minimum atomic E-state index is -1.62. The van der Waals surface area contributed by atoms with Gasteiger partial charge in [-0.25, -0.2) is 4.39 Å². The number of anilines is 2. The molecule has 35 heavy (non-hydrogen) atoms. The van der Waals surface area contributed by atoms with Gasteiger partial charge in [-0.1, -0.05) is 30.3 Å². The third kappa shape index (κ3) is 4.17. The molecular formula is C28H27FN2O4. The first-order valence-electron chi connectivity index (χ1n) is 11.5. The van der Waals surface area contributed by atoms with Crippen LogP contribution in [0.5, 0.6) is 0 Å². The van der Waals surface area contributed by atoms with E-state index in [1.54, 1.807) is 31.2 Å². The van der Waals surface area contributed by atoms with Crippen molar-refractivity contribution < 1.29 is 19.0 Å². The second-order valence-corrected chi connectivity index (χ2v) is 9.19. The Morgan fingerprint density at radius 2 is 1.74 bits per heavy atom. The van der Waals surface area contributed by atoms with Crippen LogP contribution in [0.4, 0.5) is 16.0 Å². The zero-order valence-electron chi connectivity index (χ0n) is 19.8. The molecule has 4 aromatic rings. The SMILES string of the molecule is Cc1cc(C(C)Nc2ccccc2C(O)O)c2oc(N3Cc4ccc(F)cc4C3)c(C)c(=O)c2c1. The van der Waals surface area contributed by atoms with Crippen LogP contribution in [-0.2, 0) is 13.1 Å². The van der Waals surface area contributed by atoms with Crippen LogP contribution in [0.1, 0.15) is 52.6 Å². The molecule has 180 valence electrons. The number of aliphatic hydroxyl groups is 2. The Balaban J connectivity index is 1.59. The summed E-state index contributed by atoms with van der Waals surface area (Å²) < 4.78 is 20.2. The molecule has 0 fully saturated rings. The molecule has 0 bridgehead atoms. The van der Waals surface area contributed by atoms with Gasteiger partial charge in [0.25, 0.3) is 0 Å². The Kier molecular flexibility index (Phi) is 5.83. The molecule has 5 rings (SSSR count). The fraction of sp³-hybridized carbons (Fsp3) is 0.250. The largest absolute Gasteiger partial charge is 0.440 e. The number of hydrogen-bond donors (Lipinski definition) is 3. The van der Waals surface area contributed by atoms with Gasteiger partial charge in [-0.3, -0.25) is 4.79 Å². The summed E-state index contributed by atoms with van der Waals surface area (Å²) >= 11 is 0. The minimum Gasteiger partial charge on any atom is -0.440 e. The number of fused-ring (bicyclic) bond motifs is 2. The standard InChI is InChI=1S/C28H27FN2O4/c1-15-10-22(17(3)30-24-7-5-4-6-21(24)28(33)34)26-23(11-15)25(32)16(2)27(35-26)31-13-18-8-9-20(29)12-19(18)14-31/h4-12,17,28,30,33-34H,13-14H2,1-3H3. The molecule has 0 aliphatic carbocycles. The quantitative estimate of drug-likeness (QED) is 0.344. The van der Waals surface area contributed by atoms with Gasteiger partial charge in [0.1, 0.15) is 11.4 Å². The third-order valence-electron chi connectivity index (χ3n) is 6.62. The number of para-hydroxylation sites is 1. The van der Waals surface area contributed by atoms with Crippen LogP contribution in [0.2, 0.25) is 0 Å². The van der Waals surface area contributed by atoms with Crippen LogP contribution in [0.15, 0.2) is 63.8 Å². The van der Waals surface area contributed by atoms with Gasteiger partial charge in [0.05, 0.1) is 17.0 Å². The van der Waals surface area contributed by atoms with Crippen molar-refractivity contribution >= 4 is 22.5 Å². The maximum atomic E-state index is 13.7. The number of aliphatic hydroxyl groups excluding tert-OH is 1. The summed E-state index contributed by atoms with van der Waals surface area (Å²) in [5.74, 6) is 0.191. The zero-order chi connectivity index (χ0) is 24.9. The molecule has 3 aromatic carbocycles. The minimum absolute atomic E-state index is 0.105. The number of hydrogen-bond acceptors (Lipinski definition) is 6. The summed E-state index contributed by atoms with van der Waals surface area (Å²) in [7, 11) is 0. The highest BCUT2D eigenvalue weighted by Gasteiger charge is 2.26. The second-order valence-electron chi connectivity index (χ2n) is 9.19. The monoisotopic (exact) mass is 474 g/mol. The first-order chi connectivity index (χ1) is 16.7. The van der Waals surface area contributed by atoms with E-state index < -0.39 is 6.29 Å². The van der Waals surface area contributed by atoms with Crippen LogP contribution in [0, 0.1) is 19.7 Å². The predicted molar refractivity (Wildman–Crippen MR) is 134 cm³/mol. The average molecular weight is 475 g/mol. The van der Waals surface area contributed by atoms with Gasteiger partial charge < -0.3 is 24.8 Å². The van der Waals surface area contributed by atoms with E-state index in [-0.39, 0.29) is 17.3 Å². The molecule has 1 atom stereocenters. The van der Waals surface area contributed by atoms with E-state index in [0.29, 0.717) is 46.8 Å². The van der Waals surface area contributed by atoms with Crippen molar-refractivity contribution in [1.82, 2.24) is 0 Å². The molecule has 6 nitrogen and oxygen atoms in total. The van der Waals surface area contributed by atoms with E-state index in [1.165, 1.54) is 12.1 Å². The lowest BCUT2D eigenvalue weighted by molar-refractivity contribution is -0.0419. The smallest absolute Gasteiger partial charge is 0.203 e. The average Bonchev–Trinajstić information content (AvgIpc) is 3.24. The van der Waals surface area contributed by atoms with E-state index in [4.69, 9.17) is 4.42 Å². The third-order valence-corrected chi connectivity index (χ3v) is 6.62. The van der Waals surface area contributed by atoms with E-state index >= 15 is 0 Å². The van der Waals surface area contributed by atoms with Crippen LogP contribution >= 0.6 is 0 Å². The summed E-state index contributed by atoms with van der Waals surface area (Å²) in [6, 6.07) is 15.2. The lowest BCUT2D eigenvalue weighted by atomic mass is 10.00. The molecule has 3 N–H and O–H groups in total. The first-order valence-corrected chi connectivity index (χ1v) is 11.5. The van der Waals surface area contributed by atoms with Crippen LogP contribution in [-0.4, -0.2) is 10.2 Å². The Morgan fingerprint density at radius 3 is 2.51 bits per heavy atom. The highest BCUT2D eigenvalue weighted by molar-refractivity contribution is 5.84. The fourth-order valence-corrected chi connectivity index (χ4v) is 4.85. The van der Waals surface area contributed by atoms with E-state index in [0.717, 1.165) is 22.3 Å². The zero-order valence-corrected chi connectivity index (χ0v) is 19.8. The molecule has 1 aromatic heterocycles. The summed E-state index contributed by atoms with van der Waals surface area (Å²) in [5.41, 5.74) is 5.40. The lowest BCUT2D eigenvalue weighted by Gasteiger charge is -2.23. The van der Waals surface area contributed by atoms with E-state index in [1.807, 2.05) is 36.9 Å². The Hall–Kier alpha value is -3.68. The van der Waals surface area contributed by atoms with Gasteiger partial charge in [-0.05, 0) is 61.7 Å². The van der Waals surface area contributed by atoms with E-state index in [2.05, 4.69) is 5.32 Å². The molecule has 0 saturated carbocycles. The maximum Gasteiger partial charge on any atom is 0.203 e. The fourth-order valence-electron chi connectivity index (χ4n) is 4.85. The van der Waals surface area contributed by atoms with Crippen molar-refractivity contribution in [3.63, 3.8) is 0 Å². The molecule has 0 amide bonds. The van der Waals surface area contributed by atoms with Crippen LogP contribution in [0.25, 0.3) is 11.0 Å². The molecule has 1 aliphatic heterocycles. The molecule has 1 unspecified atom stereocenters. The number of aryl methyl sites for hydroxylation is 1. The van der Waals surface area contributed by atoms with Gasteiger partial charge in [-0.2, -0.15) is 0 Å². The highest BCUT2D eigenvalue weighted by atomic mass is 19.1. The summed E-state index contributed by atoms with van der Waals surface area (Å²) in [4.78, 5) is 15.4. The number of benzene rings is 3. The van der Waals surface area contributed by atoms with E-state index in [9.17, 15) is 19.4 Å². The summed E-state index contributed by atoms with van der Waals surface area (Å²) in [6.45, 7) is 6.60. The van der Waals surface area contributed by atoms with Crippen molar-refractivity contribution in [2.45, 2.75) is 46.2 Å². The molecule has 7 heteroatoms. The first kappa shape index (κ1) is 23.1. The normalized spacial score (nSPS) is 14.0. The Morgan fingerprint density at radius 1 is 1.00 bits per heavy atom. The van der Waals surface area contributed by atoms with Gasteiger partial charge in [0.15, 0.2) is 11.7 Å². The molecule has 0 saturated heterocycles. The number of nitrogens with zero attached hydrogens (tertiary/aromatic N) is 1. The Labute approximate surface area is 202 Å². The highest BCUT2D eigenvalue weighted by Crippen LogP contribution is 2.35. The number of nitrogens with one attached hydrogen (secondary N) is 1. The number of rotatable bonds is 5. The van der Waals surface area contributed by atoms with Crippen molar-refractivity contribution in [3.05, 3.63) is 104 Å². The molecule has 0 radical (unpaired) electrons. The summed E-state index contributed by atoms with van der Waals surface area (Å²) in [5, 5.41) is 23.3. The lowest BCUT2D eigenvalue weighted by Crippen LogP contribution is -2.20. The topological polar surface area (TPSA) is 85.9 Å². The van der Waals surface area contributed by atoms with Crippen LogP contribution < -0.4 is 15.6 Å². The van der Waals surface area contributed by atoms with Gasteiger partial charge in [0, 0.05) is 29.9 Å². The van der Waals surface area contributed by atoms with Gasteiger partial charge in [0.2, 0.25) is 5.88 Å². The molecule has 1 aliphatic rings. The van der Waals surface area contributed by atoms with Crippen molar-refractivity contribution in [3.8, 4) is 0 Å².